The highest BCUT2D eigenvalue weighted by Gasteiger charge is 2.22. The number of benzene rings is 2. The second-order valence-corrected chi connectivity index (χ2v) is 12.1. The summed E-state index contributed by atoms with van der Waals surface area (Å²) in [7, 11) is 0. The van der Waals surface area contributed by atoms with E-state index in [1.807, 2.05) is 54.6 Å². The first kappa shape index (κ1) is 34.0. The van der Waals surface area contributed by atoms with E-state index in [4.69, 9.17) is 26.2 Å². The van der Waals surface area contributed by atoms with Crippen molar-refractivity contribution in [2.24, 2.45) is 11.5 Å². The number of anilines is 1. The maximum absolute atomic E-state index is 13.0. The Bertz CT molecular complexity index is 2080. The molecule has 2 aromatic carbocycles. The van der Waals surface area contributed by atoms with Crippen molar-refractivity contribution in [1.29, 1.82) is 0 Å². The number of rotatable bonds is 11. The van der Waals surface area contributed by atoms with Gasteiger partial charge in [-0.05, 0) is 68.4 Å². The fourth-order valence-electron chi connectivity index (χ4n) is 5.74. The number of hydrogen-bond acceptors (Lipinski definition) is 9. The molecule has 1 aliphatic heterocycles. The Labute approximate surface area is 289 Å². The average molecular weight is 674 g/mol. The molecule has 0 bridgehead atoms. The summed E-state index contributed by atoms with van der Waals surface area (Å²) in [6.07, 6.45) is 3.26. The van der Waals surface area contributed by atoms with Gasteiger partial charge in [-0.3, -0.25) is 14.4 Å². The lowest BCUT2D eigenvalue weighted by Gasteiger charge is -2.28. The van der Waals surface area contributed by atoms with Crippen LogP contribution >= 0.6 is 0 Å². The van der Waals surface area contributed by atoms with Crippen LogP contribution in [-0.4, -0.2) is 82.2 Å². The third kappa shape index (κ3) is 7.89. The number of carbonyl (C=O) groups is 3. The van der Waals surface area contributed by atoms with Crippen molar-refractivity contribution in [2.75, 3.05) is 37.7 Å². The molecule has 4 heterocycles. The normalized spacial score (nSPS) is 14.1. The summed E-state index contributed by atoms with van der Waals surface area (Å²) in [5, 5.41) is 11.2. The average Bonchev–Trinajstić information content (AvgIpc) is 3.52. The number of para-hydroxylation sites is 1. The molecule has 2 atom stereocenters. The molecule has 0 aliphatic carbocycles. The number of imidazole rings is 1. The summed E-state index contributed by atoms with van der Waals surface area (Å²) in [6, 6.07) is 19.4. The van der Waals surface area contributed by atoms with Crippen LogP contribution in [0.3, 0.4) is 0 Å². The highest BCUT2D eigenvalue weighted by atomic mass is 16.5. The zero-order valence-corrected chi connectivity index (χ0v) is 27.8. The lowest BCUT2D eigenvalue weighted by molar-refractivity contribution is -0.128. The van der Waals surface area contributed by atoms with E-state index in [9.17, 15) is 14.4 Å². The molecular formula is C37H39N9O4. The van der Waals surface area contributed by atoms with Gasteiger partial charge < -0.3 is 31.7 Å². The minimum Gasteiger partial charge on any atom is -0.378 e. The summed E-state index contributed by atoms with van der Waals surface area (Å²) < 4.78 is 7.37. The summed E-state index contributed by atoms with van der Waals surface area (Å²) in [6.45, 7) is 4.66. The van der Waals surface area contributed by atoms with E-state index < -0.39 is 23.9 Å². The van der Waals surface area contributed by atoms with E-state index in [0.29, 0.717) is 67.3 Å². The molecule has 3 aromatic heterocycles. The molecule has 13 nitrogen and oxygen atoms in total. The van der Waals surface area contributed by atoms with Crippen LogP contribution in [0.5, 0.6) is 0 Å². The van der Waals surface area contributed by atoms with Crippen LogP contribution in [0.1, 0.15) is 47.9 Å². The molecule has 256 valence electrons. The van der Waals surface area contributed by atoms with Crippen molar-refractivity contribution in [3.63, 3.8) is 0 Å². The molecule has 1 fully saturated rings. The molecule has 13 heteroatoms. The fourth-order valence-corrected chi connectivity index (χ4v) is 5.74. The molecule has 0 saturated carbocycles. The molecule has 6 N–H and O–H groups in total. The maximum atomic E-state index is 13.0. The minimum absolute atomic E-state index is 0.235. The summed E-state index contributed by atoms with van der Waals surface area (Å²) >= 11 is 0. The topological polar surface area (TPSA) is 183 Å². The van der Waals surface area contributed by atoms with E-state index in [-0.39, 0.29) is 5.91 Å². The highest BCUT2D eigenvalue weighted by Crippen LogP contribution is 2.29. The zero-order valence-electron chi connectivity index (χ0n) is 27.8. The summed E-state index contributed by atoms with van der Waals surface area (Å²) in [5.41, 5.74) is 16.6. The molecule has 0 radical (unpaired) electrons. The molecule has 1 aliphatic rings. The van der Waals surface area contributed by atoms with Gasteiger partial charge in [-0.15, -0.1) is 0 Å². The predicted molar refractivity (Wildman–Crippen MR) is 190 cm³/mol. The lowest BCUT2D eigenvalue weighted by atomic mass is 10.1. The first-order valence-electron chi connectivity index (χ1n) is 16.6. The first-order chi connectivity index (χ1) is 24.3. The van der Waals surface area contributed by atoms with Crippen LogP contribution in [-0.2, 0) is 14.3 Å². The number of nitrogens with two attached hydrogens (primary N) is 2. The summed E-state index contributed by atoms with van der Waals surface area (Å²) in [5.74, 6) is 5.15. The van der Waals surface area contributed by atoms with Crippen molar-refractivity contribution < 1.29 is 19.1 Å². The molecule has 6 rings (SSSR count). The van der Waals surface area contributed by atoms with Gasteiger partial charge in [0.2, 0.25) is 11.8 Å². The van der Waals surface area contributed by atoms with Gasteiger partial charge >= 0.3 is 0 Å². The largest absolute Gasteiger partial charge is 0.378 e. The number of ether oxygens (including phenoxy) is 1. The Hall–Kier alpha value is -5.84. The van der Waals surface area contributed by atoms with Gasteiger partial charge in [-0.25, -0.2) is 14.5 Å². The Morgan fingerprint density at radius 1 is 0.960 bits per heavy atom. The van der Waals surface area contributed by atoms with Crippen molar-refractivity contribution in [3.8, 4) is 23.1 Å². The minimum atomic E-state index is -0.811. The smallest absolute Gasteiger partial charge is 0.251 e. The number of morpholine rings is 1. The van der Waals surface area contributed by atoms with E-state index in [1.165, 1.54) is 6.92 Å². The first-order valence-corrected chi connectivity index (χ1v) is 16.6. The van der Waals surface area contributed by atoms with E-state index >= 15 is 0 Å². The van der Waals surface area contributed by atoms with E-state index in [2.05, 4.69) is 32.5 Å². The van der Waals surface area contributed by atoms with Crippen molar-refractivity contribution in [1.82, 2.24) is 30.2 Å². The number of primary amides is 1. The Morgan fingerprint density at radius 3 is 2.50 bits per heavy atom. The van der Waals surface area contributed by atoms with Gasteiger partial charge in [0.25, 0.3) is 5.91 Å². The van der Waals surface area contributed by atoms with Gasteiger partial charge in [0, 0.05) is 36.1 Å². The Kier molecular flexibility index (Phi) is 10.6. The number of nitrogens with one attached hydrogen (secondary N) is 2. The molecule has 3 amide bonds. The predicted octanol–water partition coefficient (Wildman–Crippen LogP) is 2.40. The SMILES string of the molecule is CC(N)C(=O)NC(CCCCNC(=O)c1ccc(-c2c(C#Cc3ccc4ccccc4n3)nc3c(N4CCOCC4)ccnn23)cc1)C(N)=O. The number of amides is 3. The molecule has 2 unspecified atom stereocenters. The van der Waals surface area contributed by atoms with Crippen molar-refractivity contribution in [3.05, 3.63) is 89.9 Å². The molecular weight excluding hydrogens is 634 g/mol. The number of fused-ring (bicyclic) bond motifs is 2. The van der Waals surface area contributed by atoms with Crippen LogP contribution in [0.2, 0.25) is 0 Å². The van der Waals surface area contributed by atoms with Gasteiger partial charge in [-0.2, -0.15) is 5.10 Å². The van der Waals surface area contributed by atoms with Gasteiger partial charge in [0.05, 0.1) is 36.7 Å². The number of hydrogen-bond donors (Lipinski definition) is 4. The van der Waals surface area contributed by atoms with Gasteiger partial charge in [0.15, 0.2) is 5.65 Å². The van der Waals surface area contributed by atoms with Crippen molar-refractivity contribution in [2.45, 2.75) is 38.3 Å². The molecule has 50 heavy (non-hydrogen) atoms. The van der Waals surface area contributed by atoms with Crippen LogP contribution in [0.25, 0.3) is 27.8 Å². The lowest BCUT2D eigenvalue weighted by Crippen LogP contribution is -2.49. The maximum Gasteiger partial charge on any atom is 0.251 e. The van der Waals surface area contributed by atoms with Gasteiger partial charge in [-0.1, -0.05) is 36.4 Å². The number of pyridine rings is 1. The Morgan fingerprint density at radius 2 is 1.74 bits per heavy atom. The fraction of sp³-hybridized carbons (Fsp3) is 0.297. The van der Waals surface area contributed by atoms with E-state index in [1.54, 1.807) is 22.8 Å². The van der Waals surface area contributed by atoms with Crippen LogP contribution < -0.4 is 27.0 Å². The zero-order chi connectivity index (χ0) is 35.0. The van der Waals surface area contributed by atoms with Crippen LogP contribution in [0.4, 0.5) is 5.69 Å². The standard InChI is InChI=1S/C37H39N9O4/c1-24(38)36(48)44-31(34(39)47)8-4-5-18-40-37(49)27-11-9-26(10-12-27)33-30(16-15-28-14-13-25-6-2-3-7-29(25)42-28)43-35-32(17-19-41-46(33)35)45-20-22-50-23-21-45/h2-3,6-7,9-14,17,19,24,31H,4-5,8,18,20-23,38H2,1H3,(H2,39,47)(H,40,49)(H,44,48). The van der Waals surface area contributed by atoms with Gasteiger partial charge in [0.1, 0.15) is 23.1 Å². The number of nitrogens with zero attached hydrogens (tertiary/aromatic N) is 5. The van der Waals surface area contributed by atoms with Crippen molar-refractivity contribution >= 4 is 40.0 Å². The second kappa shape index (κ2) is 15.6. The third-order valence-corrected chi connectivity index (χ3v) is 8.46. The third-order valence-electron chi connectivity index (χ3n) is 8.46. The van der Waals surface area contributed by atoms with E-state index in [0.717, 1.165) is 35.2 Å². The Balaban J connectivity index is 1.20. The molecule has 0 spiro atoms. The highest BCUT2D eigenvalue weighted by molar-refractivity contribution is 5.95. The number of unbranched alkanes of at least 4 members (excludes halogenated alkanes) is 1. The molecule has 5 aromatic rings. The number of carbonyl (C=O) groups excluding carboxylic acids is 3. The summed E-state index contributed by atoms with van der Waals surface area (Å²) in [4.78, 5) is 48.5. The quantitative estimate of drug-likeness (QED) is 0.121. The van der Waals surface area contributed by atoms with Crippen LogP contribution in [0, 0.1) is 11.8 Å². The molecule has 1 saturated heterocycles. The number of aromatic nitrogens is 4. The second-order valence-electron chi connectivity index (χ2n) is 12.1. The van der Waals surface area contributed by atoms with Crippen LogP contribution in [0.15, 0.2) is 72.9 Å². The monoisotopic (exact) mass is 673 g/mol.